The number of nitrogens with one attached hydrogen (secondary N) is 1. The molecule has 1 amide bonds. The van der Waals surface area contributed by atoms with Crippen LogP contribution in [-0.2, 0) is 19.6 Å². The van der Waals surface area contributed by atoms with Crippen LogP contribution in [0, 0.1) is 23.3 Å². The molecule has 7 nitrogen and oxygen atoms in total. The molecule has 2 aromatic rings. The van der Waals surface area contributed by atoms with E-state index in [4.69, 9.17) is 4.74 Å². The van der Waals surface area contributed by atoms with E-state index in [9.17, 15) is 35.6 Å². The van der Waals surface area contributed by atoms with Crippen LogP contribution in [0.3, 0.4) is 0 Å². The standard InChI is InChI=1S/C21H20F4N2O5S/c1-12(20(28)26-16-8-7-15(23)18(24)19(16)25)32-21(29)13-5-6-14(22)17(11-13)33(30,31)27-9-3-2-4-10-27/h5-8,11-12H,2-4,9-10H2,1H3,(H,26,28). The highest BCUT2D eigenvalue weighted by Gasteiger charge is 2.30. The molecule has 3 rings (SSSR count). The van der Waals surface area contributed by atoms with Gasteiger partial charge in [0.2, 0.25) is 10.0 Å². The number of hydrogen-bond donors (Lipinski definition) is 1. The SMILES string of the molecule is CC(OC(=O)c1ccc(F)c(S(=O)(=O)N2CCCCC2)c1)C(=O)Nc1ccc(F)c(F)c1F. The maximum atomic E-state index is 14.3. The van der Waals surface area contributed by atoms with Gasteiger partial charge in [-0.15, -0.1) is 0 Å². The Morgan fingerprint density at radius 3 is 2.27 bits per heavy atom. The van der Waals surface area contributed by atoms with Crippen molar-refractivity contribution < 1.29 is 40.3 Å². The van der Waals surface area contributed by atoms with Gasteiger partial charge < -0.3 is 10.1 Å². The first-order chi connectivity index (χ1) is 15.5. The van der Waals surface area contributed by atoms with E-state index in [2.05, 4.69) is 0 Å². The van der Waals surface area contributed by atoms with E-state index in [1.807, 2.05) is 5.32 Å². The van der Waals surface area contributed by atoms with E-state index < -0.39 is 61.9 Å². The number of carbonyl (C=O) groups is 2. The summed E-state index contributed by atoms with van der Waals surface area (Å²) in [4.78, 5) is 23.9. The number of hydrogen-bond acceptors (Lipinski definition) is 5. The Bertz CT molecular complexity index is 1180. The maximum absolute atomic E-state index is 14.3. The van der Waals surface area contributed by atoms with Crippen LogP contribution in [0.5, 0.6) is 0 Å². The summed E-state index contributed by atoms with van der Waals surface area (Å²) in [6.45, 7) is 1.59. The van der Waals surface area contributed by atoms with Crippen molar-refractivity contribution in [3.8, 4) is 0 Å². The highest BCUT2D eigenvalue weighted by atomic mass is 32.2. The van der Waals surface area contributed by atoms with Gasteiger partial charge in [0.25, 0.3) is 5.91 Å². The lowest BCUT2D eigenvalue weighted by Gasteiger charge is -2.26. The largest absolute Gasteiger partial charge is 0.449 e. The first kappa shape index (κ1) is 24.6. The monoisotopic (exact) mass is 488 g/mol. The zero-order valence-electron chi connectivity index (χ0n) is 17.4. The number of benzene rings is 2. The van der Waals surface area contributed by atoms with E-state index in [0.717, 1.165) is 41.9 Å². The Hall–Kier alpha value is -2.99. The normalized spacial score (nSPS) is 15.7. The summed E-state index contributed by atoms with van der Waals surface area (Å²) in [5, 5.41) is 1.96. The number of piperidine rings is 1. The molecule has 0 radical (unpaired) electrons. The summed E-state index contributed by atoms with van der Waals surface area (Å²) >= 11 is 0. The van der Waals surface area contributed by atoms with Crippen molar-refractivity contribution in [1.29, 1.82) is 0 Å². The lowest BCUT2D eigenvalue weighted by molar-refractivity contribution is -0.123. The maximum Gasteiger partial charge on any atom is 0.338 e. The highest BCUT2D eigenvalue weighted by Crippen LogP contribution is 2.25. The molecule has 0 spiro atoms. The van der Waals surface area contributed by atoms with Crippen molar-refractivity contribution in [3.63, 3.8) is 0 Å². The minimum absolute atomic E-state index is 0.230. The van der Waals surface area contributed by atoms with Gasteiger partial charge in [0.1, 0.15) is 10.7 Å². The van der Waals surface area contributed by atoms with E-state index in [1.54, 1.807) is 0 Å². The van der Waals surface area contributed by atoms with Crippen molar-refractivity contribution in [2.75, 3.05) is 18.4 Å². The second-order valence-corrected chi connectivity index (χ2v) is 9.28. The predicted octanol–water partition coefficient (Wildman–Crippen LogP) is 3.60. The highest BCUT2D eigenvalue weighted by molar-refractivity contribution is 7.89. The fourth-order valence-corrected chi connectivity index (χ4v) is 4.82. The van der Waals surface area contributed by atoms with Crippen molar-refractivity contribution in [1.82, 2.24) is 4.31 Å². The molecule has 1 atom stereocenters. The third-order valence-electron chi connectivity index (χ3n) is 5.05. The number of halogens is 4. The van der Waals surface area contributed by atoms with Crippen LogP contribution >= 0.6 is 0 Å². The molecular formula is C21H20F4N2O5S. The quantitative estimate of drug-likeness (QED) is 0.381. The van der Waals surface area contributed by atoms with Gasteiger partial charge in [-0.05, 0) is 50.1 Å². The lowest BCUT2D eigenvalue weighted by Crippen LogP contribution is -2.36. The summed E-state index contributed by atoms with van der Waals surface area (Å²) in [7, 11) is -4.18. The number of amides is 1. The van der Waals surface area contributed by atoms with Gasteiger partial charge in [-0.3, -0.25) is 4.79 Å². The number of nitrogens with zero attached hydrogens (tertiary/aromatic N) is 1. The summed E-state index contributed by atoms with van der Waals surface area (Å²) in [6.07, 6.45) is 0.591. The van der Waals surface area contributed by atoms with Crippen molar-refractivity contribution in [2.24, 2.45) is 0 Å². The third kappa shape index (κ3) is 5.33. The Labute approximate surface area is 187 Å². The molecule has 12 heteroatoms. The van der Waals surface area contributed by atoms with Crippen LogP contribution in [0.1, 0.15) is 36.5 Å². The number of anilines is 1. The minimum atomic E-state index is -4.18. The smallest absolute Gasteiger partial charge is 0.338 e. The molecule has 1 N–H and O–H groups in total. The van der Waals surface area contributed by atoms with Crippen LogP contribution < -0.4 is 5.32 Å². The van der Waals surface area contributed by atoms with E-state index in [0.29, 0.717) is 18.9 Å². The Balaban J connectivity index is 1.74. The topological polar surface area (TPSA) is 92.8 Å². The zero-order valence-corrected chi connectivity index (χ0v) is 18.2. The Morgan fingerprint density at radius 1 is 0.970 bits per heavy atom. The Kier molecular flexibility index (Phi) is 7.38. The molecule has 0 aliphatic carbocycles. The molecule has 0 bridgehead atoms. The molecule has 1 fully saturated rings. The van der Waals surface area contributed by atoms with Crippen LogP contribution in [0.2, 0.25) is 0 Å². The van der Waals surface area contributed by atoms with Gasteiger partial charge in [0.05, 0.1) is 11.3 Å². The van der Waals surface area contributed by atoms with E-state index in [1.165, 1.54) is 0 Å². The summed E-state index contributed by atoms with van der Waals surface area (Å²) in [6, 6.07) is 4.01. The van der Waals surface area contributed by atoms with Crippen molar-refractivity contribution in [2.45, 2.75) is 37.2 Å². The number of sulfonamides is 1. The van der Waals surface area contributed by atoms with Gasteiger partial charge >= 0.3 is 5.97 Å². The van der Waals surface area contributed by atoms with Crippen LogP contribution in [0.25, 0.3) is 0 Å². The van der Waals surface area contributed by atoms with Crippen molar-refractivity contribution >= 4 is 27.6 Å². The molecule has 1 aliphatic heterocycles. The van der Waals surface area contributed by atoms with E-state index >= 15 is 0 Å². The van der Waals surface area contributed by atoms with E-state index in [-0.39, 0.29) is 18.7 Å². The summed E-state index contributed by atoms with van der Waals surface area (Å²) in [5.41, 5.74) is -0.996. The number of carbonyl (C=O) groups excluding carboxylic acids is 2. The fourth-order valence-electron chi connectivity index (χ4n) is 3.21. The summed E-state index contributed by atoms with van der Waals surface area (Å²) in [5.74, 6) is -8.11. The van der Waals surface area contributed by atoms with Crippen molar-refractivity contribution in [3.05, 3.63) is 59.2 Å². The van der Waals surface area contributed by atoms with Crippen LogP contribution in [0.15, 0.2) is 35.2 Å². The molecule has 178 valence electrons. The predicted molar refractivity (Wildman–Crippen MR) is 109 cm³/mol. The second kappa shape index (κ2) is 9.87. The molecule has 1 unspecified atom stereocenters. The zero-order chi connectivity index (χ0) is 24.3. The van der Waals surface area contributed by atoms with Gasteiger partial charge in [-0.2, -0.15) is 4.31 Å². The third-order valence-corrected chi connectivity index (χ3v) is 6.96. The second-order valence-electron chi connectivity index (χ2n) is 7.37. The summed E-state index contributed by atoms with van der Waals surface area (Å²) < 4.78 is 86.0. The minimum Gasteiger partial charge on any atom is -0.449 e. The fraction of sp³-hybridized carbons (Fsp3) is 0.333. The molecule has 33 heavy (non-hydrogen) atoms. The molecule has 0 aromatic heterocycles. The molecular weight excluding hydrogens is 468 g/mol. The van der Waals surface area contributed by atoms with Gasteiger partial charge in [0.15, 0.2) is 23.6 Å². The first-order valence-electron chi connectivity index (χ1n) is 9.97. The average Bonchev–Trinajstić information content (AvgIpc) is 2.80. The lowest BCUT2D eigenvalue weighted by atomic mass is 10.2. The first-order valence-corrected chi connectivity index (χ1v) is 11.4. The molecule has 0 saturated carbocycles. The number of ether oxygens (including phenoxy) is 1. The van der Waals surface area contributed by atoms with Gasteiger partial charge in [0, 0.05) is 13.1 Å². The average molecular weight is 488 g/mol. The van der Waals surface area contributed by atoms with Gasteiger partial charge in [-0.25, -0.2) is 30.8 Å². The van der Waals surface area contributed by atoms with Crippen LogP contribution in [0.4, 0.5) is 23.2 Å². The molecule has 1 saturated heterocycles. The number of esters is 1. The van der Waals surface area contributed by atoms with Gasteiger partial charge in [-0.1, -0.05) is 6.42 Å². The molecule has 1 aliphatic rings. The molecule has 1 heterocycles. The van der Waals surface area contributed by atoms with Crippen LogP contribution in [-0.4, -0.2) is 43.8 Å². The molecule has 2 aromatic carbocycles. The Morgan fingerprint density at radius 2 is 1.61 bits per heavy atom. The number of rotatable bonds is 6.